The van der Waals surface area contributed by atoms with Crippen LogP contribution < -0.4 is 0 Å². The molecule has 0 unspecified atom stereocenters. The SMILES string of the molecule is CCOC(=O)C(CN(Cc1ccccc1)Cc1ccccc1)C(=O)OCC. The highest BCUT2D eigenvalue weighted by Crippen LogP contribution is 2.15. The molecule has 0 radical (unpaired) electrons. The van der Waals surface area contributed by atoms with Crippen molar-refractivity contribution >= 4 is 11.9 Å². The molecule has 5 heteroatoms. The summed E-state index contributed by atoms with van der Waals surface area (Å²) in [5, 5.41) is 0. The number of carbonyl (C=O) groups excluding carboxylic acids is 2. The van der Waals surface area contributed by atoms with E-state index in [-0.39, 0.29) is 19.8 Å². The van der Waals surface area contributed by atoms with Gasteiger partial charge in [-0.2, -0.15) is 0 Å². The quantitative estimate of drug-likeness (QED) is 0.474. The van der Waals surface area contributed by atoms with Crippen molar-refractivity contribution in [2.75, 3.05) is 19.8 Å². The number of hydrogen-bond donors (Lipinski definition) is 0. The molecule has 0 saturated heterocycles. The van der Waals surface area contributed by atoms with Gasteiger partial charge in [-0.05, 0) is 25.0 Å². The standard InChI is InChI=1S/C22H27NO4/c1-3-26-21(24)20(22(25)27-4-2)17-23(15-18-11-7-5-8-12-18)16-19-13-9-6-10-14-19/h5-14,20H,3-4,15-17H2,1-2H3. The average Bonchev–Trinajstić information content (AvgIpc) is 2.68. The maximum Gasteiger partial charge on any atom is 0.321 e. The van der Waals surface area contributed by atoms with Crippen LogP contribution in [0.1, 0.15) is 25.0 Å². The molecule has 27 heavy (non-hydrogen) atoms. The molecule has 0 aliphatic carbocycles. The molecule has 0 aromatic heterocycles. The number of rotatable bonds is 10. The van der Waals surface area contributed by atoms with Crippen LogP contribution >= 0.6 is 0 Å². The highest BCUT2D eigenvalue weighted by molar-refractivity contribution is 5.95. The Labute approximate surface area is 160 Å². The van der Waals surface area contributed by atoms with Crippen molar-refractivity contribution in [2.45, 2.75) is 26.9 Å². The summed E-state index contributed by atoms with van der Waals surface area (Å²) in [6, 6.07) is 20.0. The first-order chi connectivity index (χ1) is 13.1. The van der Waals surface area contributed by atoms with Crippen LogP contribution in [0.4, 0.5) is 0 Å². The van der Waals surface area contributed by atoms with Crippen LogP contribution in [0.15, 0.2) is 60.7 Å². The van der Waals surface area contributed by atoms with Crippen molar-refractivity contribution < 1.29 is 19.1 Å². The maximum atomic E-state index is 12.4. The Bertz CT molecular complexity index is 643. The number of ether oxygens (including phenoxy) is 2. The predicted octanol–water partition coefficient (Wildman–Crippen LogP) is 3.43. The fourth-order valence-corrected chi connectivity index (χ4v) is 2.86. The van der Waals surface area contributed by atoms with E-state index in [1.165, 1.54) is 0 Å². The molecule has 144 valence electrons. The Kier molecular flexibility index (Phi) is 8.52. The third kappa shape index (κ3) is 6.87. The van der Waals surface area contributed by atoms with Gasteiger partial charge >= 0.3 is 11.9 Å². The molecule has 0 bridgehead atoms. The Morgan fingerprint density at radius 1 is 0.778 bits per heavy atom. The van der Waals surface area contributed by atoms with Crippen molar-refractivity contribution in [3.05, 3.63) is 71.8 Å². The molecular weight excluding hydrogens is 342 g/mol. The Balaban J connectivity index is 2.20. The van der Waals surface area contributed by atoms with Crippen LogP contribution in [0.2, 0.25) is 0 Å². The van der Waals surface area contributed by atoms with Gasteiger partial charge in [-0.15, -0.1) is 0 Å². The van der Waals surface area contributed by atoms with E-state index >= 15 is 0 Å². The number of benzene rings is 2. The summed E-state index contributed by atoms with van der Waals surface area (Å²) >= 11 is 0. The molecule has 2 rings (SSSR count). The van der Waals surface area contributed by atoms with E-state index in [1.54, 1.807) is 13.8 Å². The van der Waals surface area contributed by atoms with Gasteiger partial charge < -0.3 is 9.47 Å². The molecule has 0 amide bonds. The molecule has 5 nitrogen and oxygen atoms in total. The van der Waals surface area contributed by atoms with E-state index in [0.29, 0.717) is 13.1 Å². The highest BCUT2D eigenvalue weighted by atomic mass is 16.6. The second-order valence-corrected chi connectivity index (χ2v) is 6.20. The largest absolute Gasteiger partial charge is 0.465 e. The molecule has 0 aliphatic rings. The van der Waals surface area contributed by atoms with E-state index in [4.69, 9.17) is 9.47 Å². The van der Waals surface area contributed by atoms with Gasteiger partial charge in [0.2, 0.25) is 0 Å². The highest BCUT2D eigenvalue weighted by Gasteiger charge is 2.31. The second-order valence-electron chi connectivity index (χ2n) is 6.20. The van der Waals surface area contributed by atoms with E-state index in [1.807, 2.05) is 60.7 Å². The molecule has 0 heterocycles. The first kappa shape index (κ1) is 20.6. The minimum absolute atomic E-state index is 0.228. The van der Waals surface area contributed by atoms with Crippen LogP contribution in [0, 0.1) is 5.92 Å². The van der Waals surface area contributed by atoms with Crippen LogP contribution in [-0.2, 0) is 32.2 Å². The lowest BCUT2D eigenvalue weighted by molar-refractivity contribution is -0.162. The van der Waals surface area contributed by atoms with Gasteiger partial charge in [0.1, 0.15) is 0 Å². The third-order valence-electron chi connectivity index (χ3n) is 4.08. The molecular formula is C22H27NO4. The first-order valence-electron chi connectivity index (χ1n) is 9.27. The van der Waals surface area contributed by atoms with Crippen LogP contribution in [0.5, 0.6) is 0 Å². The number of esters is 2. The molecule has 2 aromatic rings. The summed E-state index contributed by atoms with van der Waals surface area (Å²) in [6.07, 6.45) is 0. The van der Waals surface area contributed by atoms with Gasteiger partial charge in [-0.1, -0.05) is 60.7 Å². The maximum absolute atomic E-state index is 12.4. The summed E-state index contributed by atoms with van der Waals surface area (Å²) in [5.74, 6) is -2.04. The Morgan fingerprint density at radius 2 is 1.19 bits per heavy atom. The zero-order valence-electron chi connectivity index (χ0n) is 16.0. The zero-order chi connectivity index (χ0) is 19.5. The minimum atomic E-state index is -0.961. The van der Waals surface area contributed by atoms with Crippen molar-refractivity contribution in [1.82, 2.24) is 4.90 Å². The predicted molar refractivity (Wildman–Crippen MR) is 104 cm³/mol. The monoisotopic (exact) mass is 369 g/mol. The molecule has 2 aromatic carbocycles. The van der Waals surface area contributed by atoms with Crippen molar-refractivity contribution in [3.63, 3.8) is 0 Å². The average molecular weight is 369 g/mol. The molecule has 0 fully saturated rings. The Hall–Kier alpha value is -2.66. The third-order valence-corrected chi connectivity index (χ3v) is 4.08. The molecule has 0 atom stereocenters. The normalized spacial score (nSPS) is 10.8. The number of nitrogens with zero attached hydrogens (tertiary/aromatic N) is 1. The number of hydrogen-bond acceptors (Lipinski definition) is 5. The summed E-state index contributed by atoms with van der Waals surface area (Å²) in [5.41, 5.74) is 2.22. The molecule has 0 spiro atoms. The fourth-order valence-electron chi connectivity index (χ4n) is 2.86. The van der Waals surface area contributed by atoms with E-state index < -0.39 is 17.9 Å². The van der Waals surface area contributed by atoms with E-state index in [0.717, 1.165) is 11.1 Å². The van der Waals surface area contributed by atoms with Gasteiger partial charge in [0.25, 0.3) is 0 Å². The Morgan fingerprint density at radius 3 is 1.56 bits per heavy atom. The van der Waals surface area contributed by atoms with Crippen LogP contribution in [-0.4, -0.2) is 36.6 Å². The molecule has 0 saturated carbocycles. The lowest BCUT2D eigenvalue weighted by Gasteiger charge is -2.26. The zero-order valence-corrected chi connectivity index (χ0v) is 16.0. The van der Waals surface area contributed by atoms with Gasteiger partial charge in [0, 0.05) is 19.6 Å². The fraction of sp³-hybridized carbons (Fsp3) is 0.364. The van der Waals surface area contributed by atoms with E-state index in [9.17, 15) is 9.59 Å². The lowest BCUT2D eigenvalue weighted by Crippen LogP contribution is -2.39. The first-order valence-corrected chi connectivity index (χ1v) is 9.27. The summed E-state index contributed by atoms with van der Waals surface area (Å²) in [6.45, 7) is 5.38. The number of carbonyl (C=O) groups is 2. The van der Waals surface area contributed by atoms with Gasteiger partial charge in [-0.25, -0.2) is 0 Å². The van der Waals surface area contributed by atoms with Crippen LogP contribution in [0.3, 0.4) is 0 Å². The van der Waals surface area contributed by atoms with Gasteiger partial charge in [-0.3, -0.25) is 14.5 Å². The molecule has 0 aliphatic heterocycles. The van der Waals surface area contributed by atoms with Crippen molar-refractivity contribution in [3.8, 4) is 0 Å². The summed E-state index contributed by atoms with van der Waals surface area (Å²) < 4.78 is 10.2. The molecule has 0 N–H and O–H groups in total. The summed E-state index contributed by atoms with van der Waals surface area (Å²) in [4.78, 5) is 26.8. The second kappa shape index (κ2) is 11.1. The van der Waals surface area contributed by atoms with Crippen molar-refractivity contribution in [2.24, 2.45) is 5.92 Å². The summed E-state index contributed by atoms with van der Waals surface area (Å²) in [7, 11) is 0. The van der Waals surface area contributed by atoms with Gasteiger partial charge in [0.15, 0.2) is 5.92 Å². The van der Waals surface area contributed by atoms with Gasteiger partial charge in [0.05, 0.1) is 13.2 Å². The minimum Gasteiger partial charge on any atom is -0.465 e. The van der Waals surface area contributed by atoms with E-state index in [2.05, 4.69) is 4.90 Å². The lowest BCUT2D eigenvalue weighted by atomic mass is 10.1. The smallest absolute Gasteiger partial charge is 0.321 e. The topological polar surface area (TPSA) is 55.8 Å². The van der Waals surface area contributed by atoms with Crippen molar-refractivity contribution in [1.29, 1.82) is 0 Å². The van der Waals surface area contributed by atoms with Crippen LogP contribution in [0.25, 0.3) is 0 Å².